The van der Waals surface area contributed by atoms with Gasteiger partial charge in [0.2, 0.25) is 11.8 Å². The number of carbonyl (C=O) groups is 1. The van der Waals surface area contributed by atoms with Gasteiger partial charge in [-0.25, -0.2) is 19.7 Å². The van der Waals surface area contributed by atoms with Crippen LogP contribution in [0.25, 0.3) is 11.3 Å². The summed E-state index contributed by atoms with van der Waals surface area (Å²) in [6.45, 7) is 6.50. The number of pyridine rings is 1. The number of ether oxygens (including phenoxy) is 1. The van der Waals surface area contributed by atoms with Gasteiger partial charge in [0.15, 0.2) is 5.75 Å². The number of piperazine rings is 1. The lowest BCUT2D eigenvalue weighted by Crippen LogP contribution is -2.44. The van der Waals surface area contributed by atoms with Crippen LogP contribution in [0.4, 0.5) is 10.7 Å². The molecule has 206 valence electrons. The molecule has 0 unspecified atom stereocenters. The number of hydrogen-bond donors (Lipinski definition) is 3. The van der Waals surface area contributed by atoms with E-state index in [1.807, 2.05) is 24.3 Å². The Morgan fingerprint density at radius 1 is 1.03 bits per heavy atom. The van der Waals surface area contributed by atoms with Gasteiger partial charge in [0.1, 0.15) is 0 Å². The van der Waals surface area contributed by atoms with E-state index in [1.165, 1.54) is 0 Å². The Bertz CT molecular complexity index is 1260. The van der Waals surface area contributed by atoms with Gasteiger partial charge in [0, 0.05) is 60.9 Å². The maximum Gasteiger partial charge on any atom is 0.404 e. The molecule has 0 atom stereocenters. The van der Waals surface area contributed by atoms with Crippen LogP contribution in [-0.2, 0) is 6.54 Å². The maximum atomic E-state index is 10.8. The van der Waals surface area contributed by atoms with Crippen molar-refractivity contribution in [1.82, 2.24) is 30.5 Å². The highest BCUT2D eigenvalue weighted by molar-refractivity contribution is 6.35. The summed E-state index contributed by atoms with van der Waals surface area (Å²) in [5.74, 6) is 1.96. The third-order valence-electron chi connectivity index (χ3n) is 6.91. The molecule has 4 heterocycles. The quantitative estimate of drug-likeness (QED) is 0.358. The van der Waals surface area contributed by atoms with Crippen molar-refractivity contribution < 1.29 is 14.6 Å². The number of likely N-dealkylation sites (tertiary alicyclic amines) is 1. The van der Waals surface area contributed by atoms with Gasteiger partial charge in [-0.3, -0.25) is 4.90 Å². The molecule has 0 aliphatic carbocycles. The van der Waals surface area contributed by atoms with Crippen LogP contribution in [0.3, 0.4) is 0 Å². The van der Waals surface area contributed by atoms with Gasteiger partial charge >= 0.3 is 6.09 Å². The van der Waals surface area contributed by atoms with Crippen molar-refractivity contribution in [3.63, 3.8) is 0 Å². The predicted octanol–water partition coefficient (Wildman–Crippen LogP) is 4.53. The Labute approximate surface area is 237 Å². The van der Waals surface area contributed by atoms with E-state index in [0.717, 1.165) is 63.2 Å². The molecule has 12 heteroatoms. The van der Waals surface area contributed by atoms with E-state index in [9.17, 15) is 4.79 Å². The first-order valence-electron chi connectivity index (χ1n) is 13.0. The van der Waals surface area contributed by atoms with Crippen LogP contribution in [0, 0.1) is 5.92 Å². The van der Waals surface area contributed by atoms with Crippen molar-refractivity contribution in [3.8, 4) is 22.9 Å². The highest BCUT2D eigenvalue weighted by atomic mass is 35.5. The van der Waals surface area contributed by atoms with Crippen LogP contribution in [-0.4, -0.2) is 76.9 Å². The molecule has 2 fully saturated rings. The average Bonchev–Trinajstić information content (AvgIpc) is 2.93. The third-order valence-corrected chi connectivity index (χ3v) is 7.35. The number of amides is 1. The van der Waals surface area contributed by atoms with Crippen molar-refractivity contribution in [2.24, 2.45) is 5.92 Å². The molecule has 10 nitrogen and oxygen atoms in total. The summed E-state index contributed by atoms with van der Waals surface area (Å²) in [4.78, 5) is 29.1. The largest absolute Gasteiger partial charge is 0.465 e. The SMILES string of the molecule is O=C(O)NCC1CCN(Cc2cc(Oc3cnc(N4CCNCC4)nc3)nc(-c3cc(Cl)cc(Cl)c3)c2)CC1. The molecule has 3 aromatic rings. The van der Waals surface area contributed by atoms with Crippen LogP contribution in [0.15, 0.2) is 42.7 Å². The molecule has 0 spiro atoms. The number of hydrogen-bond acceptors (Lipinski definition) is 8. The normalized spacial score (nSPS) is 16.7. The Kier molecular flexibility index (Phi) is 8.98. The second-order valence-electron chi connectivity index (χ2n) is 9.82. The molecule has 3 N–H and O–H groups in total. The zero-order chi connectivity index (χ0) is 27.2. The lowest BCUT2D eigenvalue weighted by atomic mass is 9.96. The number of nitrogens with one attached hydrogen (secondary N) is 2. The molecule has 1 amide bonds. The molecular formula is C27H31Cl2N7O3. The minimum atomic E-state index is -0.973. The summed E-state index contributed by atoms with van der Waals surface area (Å²) >= 11 is 12.6. The summed E-state index contributed by atoms with van der Waals surface area (Å²) in [7, 11) is 0. The summed E-state index contributed by atoms with van der Waals surface area (Å²) in [5.41, 5.74) is 2.53. The molecule has 2 saturated heterocycles. The average molecular weight is 572 g/mol. The van der Waals surface area contributed by atoms with Gasteiger partial charge < -0.3 is 25.4 Å². The highest BCUT2D eigenvalue weighted by Gasteiger charge is 2.21. The third kappa shape index (κ3) is 7.69. The Morgan fingerprint density at radius 2 is 1.72 bits per heavy atom. The summed E-state index contributed by atoms with van der Waals surface area (Å²) < 4.78 is 6.13. The molecular weight excluding hydrogens is 541 g/mol. The van der Waals surface area contributed by atoms with Crippen LogP contribution >= 0.6 is 23.2 Å². The fourth-order valence-corrected chi connectivity index (χ4v) is 5.43. The van der Waals surface area contributed by atoms with E-state index in [0.29, 0.717) is 52.3 Å². The number of anilines is 1. The minimum Gasteiger partial charge on any atom is -0.465 e. The lowest BCUT2D eigenvalue weighted by Gasteiger charge is -2.32. The van der Waals surface area contributed by atoms with Gasteiger partial charge in [-0.15, -0.1) is 0 Å². The van der Waals surface area contributed by atoms with Crippen LogP contribution < -0.4 is 20.3 Å². The molecule has 2 aliphatic rings. The van der Waals surface area contributed by atoms with E-state index >= 15 is 0 Å². The molecule has 0 saturated carbocycles. The number of halogens is 2. The molecule has 5 rings (SSSR count). The lowest BCUT2D eigenvalue weighted by molar-refractivity contribution is 0.166. The standard InChI is InChI=1S/C27H31Cl2N7O3/c28-21-11-20(12-22(29)13-21)24-9-19(17-35-5-1-18(2-6-35)14-33-27(37)38)10-25(34-24)39-23-15-31-26(32-16-23)36-7-3-30-4-8-36/h9-13,15-16,18,30,33H,1-8,14,17H2,(H,37,38). The first-order valence-corrected chi connectivity index (χ1v) is 13.8. The molecule has 0 radical (unpaired) electrons. The predicted molar refractivity (Wildman–Crippen MR) is 151 cm³/mol. The zero-order valence-corrected chi connectivity index (χ0v) is 23.0. The molecule has 2 aliphatic heterocycles. The number of rotatable bonds is 8. The minimum absolute atomic E-state index is 0.349. The van der Waals surface area contributed by atoms with E-state index in [-0.39, 0.29) is 0 Å². The van der Waals surface area contributed by atoms with Crippen molar-refractivity contribution in [3.05, 3.63) is 58.3 Å². The second-order valence-corrected chi connectivity index (χ2v) is 10.7. The molecule has 1 aromatic carbocycles. The van der Waals surface area contributed by atoms with Crippen molar-refractivity contribution >= 4 is 35.2 Å². The first-order chi connectivity index (χ1) is 18.9. The van der Waals surface area contributed by atoms with E-state index in [1.54, 1.807) is 18.5 Å². The molecule has 39 heavy (non-hydrogen) atoms. The molecule has 2 aromatic heterocycles. The monoisotopic (exact) mass is 571 g/mol. The van der Waals surface area contributed by atoms with E-state index in [4.69, 9.17) is 38.0 Å². The van der Waals surface area contributed by atoms with Gasteiger partial charge in [0.25, 0.3) is 0 Å². The fraction of sp³-hybridized carbons (Fsp3) is 0.407. The van der Waals surface area contributed by atoms with Gasteiger partial charge in [0.05, 0.1) is 18.1 Å². The van der Waals surface area contributed by atoms with Gasteiger partial charge in [-0.1, -0.05) is 23.2 Å². The summed E-state index contributed by atoms with van der Waals surface area (Å²) in [5, 5.41) is 15.8. The summed E-state index contributed by atoms with van der Waals surface area (Å²) in [6.07, 6.45) is 4.24. The number of nitrogens with zero attached hydrogens (tertiary/aromatic N) is 5. The smallest absolute Gasteiger partial charge is 0.404 e. The summed E-state index contributed by atoms with van der Waals surface area (Å²) in [6, 6.07) is 9.30. The maximum absolute atomic E-state index is 10.8. The number of benzene rings is 1. The number of piperidine rings is 1. The Morgan fingerprint density at radius 3 is 2.38 bits per heavy atom. The molecule has 0 bridgehead atoms. The van der Waals surface area contributed by atoms with E-state index in [2.05, 4.69) is 30.4 Å². The fourth-order valence-electron chi connectivity index (χ4n) is 4.90. The Balaban J connectivity index is 1.33. The van der Waals surface area contributed by atoms with Crippen molar-refractivity contribution in [2.45, 2.75) is 19.4 Å². The Hall–Kier alpha value is -3.18. The van der Waals surface area contributed by atoms with E-state index < -0.39 is 6.09 Å². The number of aromatic nitrogens is 3. The van der Waals surface area contributed by atoms with Gasteiger partial charge in [-0.2, -0.15) is 0 Å². The van der Waals surface area contributed by atoms with Gasteiger partial charge in [-0.05, 0) is 61.7 Å². The second kappa shape index (κ2) is 12.8. The number of carboxylic acid groups (broad SMARTS) is 1. The van der Waals surface area contributed by atoms with Crippen molar-refractivity contribution in [2.75, 3.05) is 50.7 Å². The van der Waals surface area contributed by atoms with Crippen LogP contribution in [0.2, 0.25) is 10.0 Å². The first kappa shape index (κ1) is 27.4. The van der Waals surface area contributed by atoms with Crippen molar-refractivity contribution in [1.29, 1.82) is 0 Å². The zero-order valence-electron chi connectivity index (χ0n) is 21.4. The highest BCUT2D eigenvalue weighted by Crippen LogP contribution is 2.31. The topological polar surface area (TPSA) is 116 Å². The van der Waals surface area contributed by atoms with Crippen LogP contribution in [0.5, 0.6) is 11.6 Å². The van der Waals surface area contributed by atoms with Crippen LogP contribution in [0.1, 0.15) is 18.4 Å².